The summed E-state index contributed by atoms with van der Waals surface area (Å²) < 4.78 is 16.2. The summed E-state index contributed by atoms with van der Waals surface area (Å²) in [5.74, 6) is 0.972. The fraction of sp³-hybridized carbons (Fsp3) is 0.533. The van der Waals surface area contributed by atoms with Crippen LogP contribution in [0.2, 0.25) is 0 Å². The lowest BCUT2D eigenvalue weighted by molar-refractivity contribution is -0.0197. The monoisotopic (exact) mass is 294 g/mol. The van der Waals surface area contributed by atoms with Crippen LogP contribution in [-0.4, -0.2) is 64.4 Å². The molecule has 1 aliphatic heterocycles. The van der Waals surface area contributed by atoms with Gasteiger partial charge in [-0.25, -0.2) is 0 Å². The summed E-state index contributed by atoms with van der Waals surface area (Å²) in [5, 5.41) is 3.07. The molecule has 0 saturated carbocycles. The highest BCUT2D eigenvalue weighted by Crippen LogP contribution is 2.31. The molecule has 1 amide bonds. The third-order valence-corrected chi connectivity index (χ3v) is 3.49. The van der Waals surface area contributed by atoms with E-state index in [1.807, 2.05) is 7.05 Å². The van der Waals surface area contributed by atoms with E-state index in [1.54, 1.807) is 30.2 Å². The zero-order chi connectivity index (χ0) is 15.2. The fourth-order valence-corrected chi connectivity index (χ4v) is 2.48. The lowest BCUT2D eigenvalue weighted by Gasteiger charge is -2.33. The van der Waals surface area contributed by atoms with Gasteiger partial charge in [0.25, 0.3) is 5.91 Å². The van der Waals surface area contributed by atoms with E-state index in [9.17, 15) is 4.79 Å². The highest BCUT2D eigenvalue weighted by molar-refractivity contribution is 5.97. The zero-order valence-electron chi connectivity index (χ0n) is 12.7. The van der Waals surface area contributed by atoms with Crippen LogP contribution in [0.1, 0.15) is 10.4 Å². The van der Waals surface area contributed by atoms with Crippen LogP contribution in [0.3, 0.4) is 0 Å². The molecule has 1 aromatic carbocycles. The molecule has 0 spiro atoms. The van der Waals surface area contributed by atoms with Gasteiger partial charge in [-0.05, 0) is 19.2 Å². The van der Waals surface area contributed by atoms with Gasteiger partial charge < -0.3 is 24.4 Å². The van der Waals surface area contributed by atoms with Crippen molar-refractivity contribution in [2.45, 2.75) is 6.10 Å². The molecule has 116 valence electrons. The Morgan fingerprint density at radius 2 is 2.24 bits per heavy atom. The van der Waals surface area contributed by atoms with Crippen LogP contribution in [0, 0.1) is 0 Å². The number of methoxy groups -OCH3 is 2. The van der Waals surface area contributed by atoms with Crippen LogP contribution < -0.4 is 14.8 Å². The van der Waals surface area contributed by atoms with Crippen molar-refractivity contribution in [3.8, 4) is 11.5 Å². The first-order valence-electron chi connectivity index (χ1n) is 6.97. The van der Waals surface area contributed by atoms with Gasteiger partial charge in [-0.2, -0.15) is 0 Å². The Kier molecular flexibility index (Phi) is 5.41. The van der Waals surface area contributed by atoms with Crippen molar-refractivity contribution in [2.75, 3.05) is 47.5 Å². The minimum atomic E-state index is -0.0600. The number of morpholine rings is 1. The number of hydrogen-bond acceptors (Lipinski definition) is 5. The summed E-state index contributed by atoms with van der Waals surface area (Å²) in [7, 11) is 4.97. The second kappa shape index (κ2) is 7.28. The molecule has 0 aromatic heterocycles. The van der Waals surface area contributed by atoms with Gasteiger partial charge in [0, 0.05) is 19.6 Å². The van der Waals surface area contributed by atoms with E-state index in [1.165, 1.54) is 7.11 Å². The molecule has 6 heteroatoms. The fourth-order valence-electron chi connectivity index (χ4n) is 2.48. The Morgan fingerprint density at radius 3 is 2.90 bits per heavy atom. The molecule has 1 fully saturated rings. The molecular weight excluding hydrogens is 272 g/mol. The van der Waals surface area contributed by atoms with E-state index in [0.29, 0.717) is 36.8 Å². The Balaban J connectivity index is 2.19. The third kappa shape index (κ3) is 3.46. The summed E-state index contributed by atoms with van der Waals surface area (Å²) in [6.07, 6.45) is 0.0179. The summed E-state index contributed by atoms with van der Waals surface area (Å²) in [6.45, 7) is 2.42. The average Bonchev–Trinajstić information content (AvgIpc) is 2.53. The number of ether oxygens (including phenoxy) is 3. The van der Waals surface area contributed by atoms with Crippen molar-refractivity contribution in [3.63, 3.8) is 0 Å². The molecule has 1 aliphatic rings. The van der Waals surface area contributed by atoms with Crippen molar-refractivity contribution in [1.29, 1.82) is 0 Å². The SMILES string of the molecule is CNCC1CN(C(=O)c2cccc(OC)c2OC)CCO1. The molecule has 1 unspecified atom stereocenters. The molecule has 6 nitrogen and oxygen atoms in total. The van der Waals surface area contributed by atoms with Crippen LogP contribution in [0.4, 0.5) is 0 Å². The summed E-state index contributed by atoms with van der Waals surface area (Å²) in [5.41, 5.74) is 0.516. The largest absolute Gasteiger partial charge is 0.493 e. The first-order valence-corrected chi connectivity index (χ1v) is 6.97. The second-order valence-corrected chi connectivity index (χ2v) is 4.84. The van der Waals surface area contributed by atoms with Gasteiger partial charge in [-0.15, -0.1) is 0 Å². The van der Waals surface area contributed by atoms with Crippen LogP contribution in [0.5, 0.6) is 11.5 Å². The predicted octanol–water partition coefficient (Wildman–Crippen LogP) is 0.764. The van der Waals surface area contributed by atoms with E-state index >= 15 is 0 Å². The smallest absolute Gasteiger partial charge is 0.257 e. The molecule has 1 saturated heterocycles. The van der Waals surface area contributed by atoms with Crippen molar-refractivity contribution >= 4 is 5.91 Å². The Labute approximate surface area is 125 Å². The van der Waals surface area contributed by atoms with Gasteiger partial charge in [-0.1, -0.05) is 6.07 Å². The maximum Gasteiger partial charge on any atom is 0.257 e. The van der Waals surface area contributed by atoms with Crippen molar-refractivity contribution in [1.82, 2.24) is 10.2 Å². The van der Waals surface area contributed by atoms with Gasteiger partial charge in [0.15, 0.2) is 11.5 Å². The third-order valence-electron chi connectivity index (χ3n) is 3.49. The van der Waals surface area contributed by atoms with Gasteiger partial charge in [0.05, 0.1) is 32.5 Å². The topological polar surface area (TPSA) is 60.0 Å². The molecule has 1 atom stereocenters. The minimum absolute atomic E-state index is 0.0179. The Bertz CT molecular complexity index is 491. The van der Waals surface area contributed by atoms with Crippen molar-refractivity contribution in [2.24, 2.45) is 0 Å². The Hall–Kier alpha value is -1.79. The van der Waals surface area contributed by atoms with Crippen LogP contribution in [0.25, 0.3) is 0 Å². The van der Waals surface area contributed by atoms with E-state index < -0.39 is 0 Å². The summed E-state index contributed by atoms with van der Waals surface area (Å²) >= 11 is 0. The number of nitrogens with one attached hydrogen (secondary N) is 1. The lowest BCUT2D eigenvalue weighted by Crippen LogP contribution is -2.48. The minimum Gasteiger partial charge on any atom is -0.493 e. The summed E-state index contributed by atoms with van der Waals surface area (Å²) in [6, 6.07) is 5.32. The quantitative estimate of drug-likeness (QED) is 0.869. The van der Waals surface area contributed by atoms with Crippen LogP contribution >= 0.6 is 0 Å². The average molecular weight is 294 g/mol. The van der Waals surface area contributed by atoms with E-state index in [4.69, 9.17) is 14.2 Å². The number of carbonyl (C=O) groups is 1. The summed E-state index contributed by atoms with van der Waals surface area (Å²) in [4.78, 5) is 14.5. The van der Waals surface area contributed by atoms with E-state index in [-0.39, 0.29) is 12.0 Å². The normalized spacial score (nSPS) is 18.4. The first-order chi connectivity index (χ1) is 10.2. The zero-order valence-corrected chi connectivity index (χ0v) is 12.7. The highest BCUT2D eigenvalue weighted by Gasteiger charge is 2.27. The number of para-hydroxylation sites is 1. The molecule has 2 rings (SSSR count). The highest BCUT2D eigenvalue weighted by atomic mass is 16.5. The molecular formula is C15H22N2O4. The van der Waals surface area contributed by atoms with Crippen LogP contribution in [0.15, 0.2) is 18.2 Å². The van der Waals surface area contributed by atoms with E-state index in [2.05, 4.69) is 5.32 Å². The standard InChI is InChI=1S/C15H22N2O4/c1-16-9-11-10-17(7-8-21-11)15(18)12-5-4-6-13(19-2)14(12)20-3/h4-6,11,16H,7-10H2,1-3H3. The number of nitrogens with zero attached hydrogens (tertiary/aromatic N) is 1. The molecule has 0 aliphatic carbocycles. The number of likely N-dealkylation sites (N-methyl/N-ethyl adjacent to an activating group) is 1. The molecule has 21 heavy (non-hydrogen) atoms. The van der Waals surface area contributed by atoms with E-state index in [0.717, 1.165) is 6.54 Å². The maximum atomic E-state index is 12.7. The Morgan fingerprint density at radius 1 is 1.43 bits per heavy atom. The number of hydrogen-bond donors (Lipinski definition) is 1. The second-order valence-electron chi connectivity index (χ2n) is 4.84. The molecule has 1 aromatic rings. The van der Waals surface area contributed by atoms with Gasteiger partial charge in [0.2, 0.25) is 0 Å². The molecule has 1 N–H and O–H groups in total. The number of benzene rings is 1. The number of rotatable bonds is 5. The van der Waals surface area contributed by atoms with Crippen molar-refractivity contribution in [3.05, 3.63) is 23.8 Å². The first kappa shape index (κ1) is 15.6. The molecule has 0 radical (unpaired) electrons. The van der Waals surface area contributed by atoms with Gasteiger partial charge in [0.1, 0.15) is 0 Å². The maximum absolute atomic E-state index is 12.7. The predicted molar refractivity (Wildman–Crippen MR) is 79.1 cm³/mol. The van der Waals surface area contributed by atoms with Crippen molar-refractivity contribution < 1.29 is 19.0 Å². The molecule has 0 bridgehead atoms. The number of carbonyl (C=O) groups excluding carboxylic acids is 1. The molecule has 1 heterocycles. The van der Waals surface area contributed by atoms with Crippen LogP contribution in [-0.2, 0) is 4.74 Å². The number of amides is 1. The van der Waals surface area contributed by atoms with Gasteiger partial charge >= 0.3 is 0 Å². The lowest BCUT2D eigenvalue weighted by atomic mass is 10.1. The van der Waals surface area contributed by atoms with Gasteiger partial charge in [-0.3, -0.25) is 4.79 Å².